The predicted molar refractivity (Wildman–Crippen MR) is 70.6 cm³/mol. The van der Waals surface area contributed by atoms with E-state index in [9.17, 15) is 21.0 Å². The molecule has 0 bridgehead atoms. The normalized spacial score (nSPS) is 40.7. The molecule has 1 rings (SSSR count). The minimum absolute atomic E-state index is 0.579. The highest BCUT2D eigenvalue weighted by Gasteiger charge is 2.40. The molecule has 120 valence electrons. The zero-order valence-electron chi connectivity index (χ0n) is 10.7. The first kappa shape index (κ1) is 18.5. The average molecular weight is 381 g/mol. The molecule has 1 heterocycles. The van der Waals surface area contributed by atoms with Crippen LogP contribution in [0.5, 0.6) is 0 Å². The Morgan fingerprint density at radius 2 is 1.20 bits per heavy atom. The van der Waals surface area contributed by atoms with Gasteiger partial charge in [0.25, 0.3) is 0 Å². The van der Waals surface area contributed by atoms with Crippen molar-refractivity contribution in [2.75, 3.05) is 28.3 Å². The first-order valence-corrected chi connectivity index (χ1v) is 10.7. The van der Waals surface area contributed by atoms with E-state index in [2.05, 4.69) is 27.1 Å². The Balaban J connectivity index is 3.81. The molecule has 3 atom stereocenters. The van der Waals surface area contributed by atoms with Crippen molar-refractivity contribution in [3.05, 3.63) is 0 Å². The van der Waals surface area contributed by atoms with Crippen molar-refractivity contribution < 1.29 is 30.0 Å². The molecule has 0 spiro atoms. The van der Waals surface area contributed by atoms with Crippen LogP contribution in [0.2, 0.25) is 0 Å². The Bertz CT molecular complexity index is 612. The molecule has 0 N–H and O–H groups in total. The van der Waals surface area contributed by atoms with E-state index in [4.69, 9.17) is 0 Å². The van der Waals surface area contributed by atoms with Crippen LogP contribution >= 0.6 is 31.0 Å². The van der Waals surface area contributed by atoms with Gasteiger partial charge < -0.3 is 9.05 Å². The molecule has 0 aromatic carbocycles. The summed E-state index contributed by atoms with van der Waals surface area (Å²) >= 11 is 0. The molecular weight excluding hydrogens is 369 g/mol. The van der Waals surface area contributed by atoms with Crippen molar-refractivity contribution in [3.63, 3.8) is 0 Å². The van der Waals surface area contributed by atoms with E-state index >= 15 is 0 Å². The molecule has 0 saturated heterocycles. The van der Waals surface area contributed by atoms with E-state index in [0.717, 1.165) is 21.2 Å². The molecule has 1 aliphatic heterocycles. The highest BCUT2D eigenvalue weighted by atomic mass is 31.3. The third-order valence-corrected chi connectivity index (χ3v) is 10.9. The molecule has 20 heavy (non-hydrogen) atoms. The minimum atomic E-state index is -5.75. The Labute approximate surface area is 113 Å². The van der Waals surface area contributed by atoms with Crippen LogP contribution in [0.3, 0.4) is 0 Å². The largest absolute Gasteiger partial charge is 0.424 e. The van der Waals surface area contributed by atoms with Crippen LogP contribution in [0.15, 0.2) is 18.1 Å². The summed E-state index contributed by atoms with van der Waals surface area (Å²) in [6.45, 7) is 0. The summed E-state index contributed by atoms with van der Waals surface area (Å²) in [6.07, 6.45) is 0. The molecular formula is C4H12F5N5O2P4. The van der Waals surface area contributed by atoms with Crippen LogP contribution in [-0.4, -0.2) is 33.0 Å². The first-order valence-electron chi connectivity index (χ1n) is 4.72. The van der Waals surface area contributed by atoms with Crippen LogP contribution in [0.1, 0.15) is 0 Å². The number of rotatable bonds is 3. The standard InChI is InChI=1S/C4H12F5N5O2P4/c1-14(2)18(7)10-17(5,6)11-19(8,15-3)13-20(9,12-18)16-4/h1-4H3. The van der Waals surface area contributed by atoms with Gasteiger partial charge in [-0.2, -0.15) is 12.6 Å². The summed E-state index contributed by atoms with van der Waals surface area (Å²) in [6, 6.07) is 0. The minimum Gasteiger partial charge on any atom is -0.307 e. The zero-order chi connectivity index (χ0) is 15.8. The van der Waals surface area contributed by atoms with E-state index < -0.39 is 31.0 Å². The lowest BCUT2D eigenvalue weighted by atomic mass is 11.3. The monoisotopic (exact) mass is 381 g/mol. The summed E-state index contributed by atoms with van der Waals surface area (Å²) < 4.78 is 89.1. The van der Waals surface area contributed by atoms with Gasteiger partial charge in [0.1, 0.15) is 0 Å². The van der Waals surface area contributed by atoms with Gasteiger partial charge in [0.15, 0.2) is 0 Å². The maximum absolute atomic E-state index is 14.4. The van der Waals surface area contributed by atoms with Crippen molar-refractivity contribution in [2.45, 2.75) is 0 Å². The van der Waals surface area contributed by atoms with Gasteiger partial charge in [0.05, 0.1) is 0 Å². The van der Waals surface area contributed by atoms with Gasteiger partial charge in [-0.3, -0.25) is 0 Å². The van der Waals surface area contributed by atoms with E-state index in [1.165, 1.54) is 0 Å². The number of halogens is 5. The second kappa shape index (κ2) is 5.92. The molecule has 0 fully saturated rings. The molecule has 16 heteroatoms. The van der Waals surface area contributed by atoms with Crippen LogP contribution in [0.4, 0.5) is 21.0 Å². The highest BCUT2D eigenvalue weighted by molar-refractivity contribution is 7.78. The molecule has 0 amide bonds. The van der Waals surface area contributed by atoms with Crippen LogP contribution in [-0.2, 0) is 9.05 Å². The summed E-state index contributed by atoms with van der Waals surface area (Å²) in [5, 5.41) is 0. The van der Waals surface area contributed by atoms with E-state index in [1.54, 1.807) is 0 Å². The number of hydrogen-bond acceptors (Lipinski definition) is 7. The lowest BCUT2D eigenvalue weighted by Crippen LogP contribution is -2.03. The second-order valence-electron chi connectivity index (χ2n) is 3.47. The number of hydrogen-bond donors (Lipinski definition) is 0. The third kappa shape index (κ3) is 4.23. The van der Waals surface area contributed by atoms with Crippen molar-refractivity contribution in [1.29, 1.82) is 0 Å². The molecule has 3 unspecified atom stereocenters. The maximum Gasteiger partial charge on any atom is 0.424 e. The predicted octanol–water partition coefficient (Wildman–Crippen LogP) is 6.49. The molecule has 0 radical (unpaired) electrons. The van der Waals surface area contributed by atoms with Crippen LogP contribution in [0.25, 0.3) is 0 Å². The van der Waals surface area contributed by atoms with Gasteiger partial charge in [0.2, 0.25) is 0 Å². The fraction of sp³-hybridized carbons (Fsp3) is 1.00. The van der Waals surface area contributed by atoms with Gasteiger partial charge in [-0.25, -0.2) is 4.67 Å². The zero-order valence-corrected chi connectivity index (χ0v) is 14.3. The SMILES string of the molecule is COP1(F)=NP(F)(OC)=NP(F)(N(C)C)=NP(F)(F)=N1. The van der Waals surface area contributed by atoms with Crippen molar-refractivity contribution in [3.8, 4) is 0 Å². The Hall–Kier alpha value is 0.450. The van der Waals surface area contributed by atoms with Crippen molar-refractivity contribution >= 4 is 31.0 Å². The summed E-state index contributed by atoms with van der Waals surface area (Å²) in [4.78, 5) is 0. The fourth-order valence-electron chi connectivity index (χ4n) is 0.924. The lowest BCUT2D eigenvalue weighted by molar-refractivity contribution is 0.407. The van der Waals surface area contributed by atoms with E-state index in [1.807, 2.05) is 0 Å². The fourth-order valence-corrected chi connectivity index (χ4v) is 9.60. The topological polar surface area (TPSA) is 71.1 Å². The molecule has 1 aliphatic rings. The van der Waals surface area contributed by atoms with Gasteiger partial charge in [-0.1, -0.05) is 0 Å². The highest BCUT2D eigenvalue weighted by Crippen LogP contribution is 2.81. The van der Waals surface area contributed by atoms with Gasteiger partial charge in [0, 0.05) is 14.2 Å². The van der Waals surface area contributed by atoms with E-state index in [0.29, 0.717) is 11.8 Å². The Morgan fingerprint density at radius 3 is 1.60 bits per heavy atom. The van der Waals surface area contributed by atoms with E-state index in [-0.39, 0.29) is 0 Å². The molecule has 0 aromatic rings. The number of nitrogens with zero attached hydrogens (tertiary/aromatic N) is 5. The van der Waals surface area contributed by atoms with Crippen LogP contribution in [0, 0.1) is 0 Å². The average Bonchev–Trinajstić information content (AvgIpc) is 2.25. The summed E-state index contributed by atoms with van der Waals surface area (Å²) in [5.41, 5.74) is 0. The van der Waals surface area contributed by atoms with Crippen molar-refractivity contribution in [1.82, 2.24) is 4.67 Å². The van der Waals surface area contributed by atoms with Gasteiger partial charge in [-0.05, 0) is 14.1 Å². The Morgan fingerprint density at radius 1 is 0.750 bits per heavy atom. The van der Waals surface area contributed by atoms with Crippen LogP contribution < -0.4 is 0 Å². The van der Waals surface area contributed by atoms with Gasteiger partial charge >= 0.3 is 31.0 Å². The summed E-state index contributed by atoms with van der Waals surface area (Å²) in [5.74, 6) is 0. The second-order valence-corrected chi connectivity index (χ2v) is 11.7. The maximum atomic E-state index is 14.4. The molecule has 0 aliphatic carbocycles. The molecule has 7 nitrogen and oxygen atoms in total. The third-order valence-electron chi connectivity index (χ3n) is 1.86. The Kier molecular flexibility index (Phi) is 5.47. The van der Waals surface area contributed by atoms with Crippen molar-refractivity contribution in [2.24, 2.45) is 18.1 Å². The quantitative estimate of drug-likeness (QED) is 0.415. The van der Waals surface area contributed by atoms with Gasteiger partial charge in [-0.15, -0.1) is 26.5 Å². The molecule has 0 aromatic heterocycles. The molecule has 0 saturated carbocycles. The lowest BCUT2D eigenvalue weighted by Gasteiger charge is -2.23. The summed E-state index contributed by atoms with van der Waals surface area (Å²) in [7, 11) is -16.9. The smallest absolute Gasteiger partial charge is 0.307 e. The first-order chi connectivity index (χ1) is 8.89.